The first kappa shape index (κ1) is 101. The molecular formula is C82H123Cl3N24O14. The molecule has 0 bridgehead atoms. The third-order valence-electron chi connectivity index (χ3n) is 17.7. The second-order valence-corrected chi connectivity index (χ2v) is 33.2. The molecule has 0 aliphatic carbocycles. The van der Waals surface area contributed by atoms with E-state index in [9.17, 15) is 39.3 Å². The molecule has 676 valence electrons. The number of anilines is 9. The fraction of sp³-hybridized carbons (Fsp3) is 0.537. The van der Waals surface area contributed by atoms with Crippen LogP contribution in [0.25, 0.3) is 33.5 Å². The highest BCUT2D eigenvalue weighted by atomic mass is 35.5. The van der Waals surface area contributed by atoms with Gasteiger partial charge in [-0.15, -0.1) is 0 Å². The summed E-state index contributed by atoms with van der Waals surface area (Å²) in [7, 11) is 0. The Hall–Kier alpha value is -10.4. The van der Waals surface area contributed by atoms with Crippen molar-refractivity contribution >= 4 is 151 Å². The predicted octanol–water partition coefficient (Wildman–Crippen LogP) is 11.9. The van der Waals surface area contributed by atoms with Crippen LogP contribution in [0.1, 0.15) is 174 Å². The molecule has 9 aromatic rings. The molecule has 41 heteroatoms. The first-order valence-electron chi connectivity index (χ1n) is 40.6. The summed E-state index contributed by atoms with van der Waals surface area (Å²) in [4.78, 5) is 100. The van der Waals surface area contributed by atoms with Gasteiger partial charge in [0.05, 0.1) is 128 Å². The number of alkyl carbamates (subject to hydrolysis) is 2. The average molecular weight is 1780 g/mol. The van der Waals surface area contributed by atoms with E-state index >= 15 is 0 Å². The minimum absolute atomic E-state index is 0.0178. The van der Waals surface area contributed by atoms with Crippen LogP contribution in [0.15, 0.2) is 73.6 Å². The number of carbonyl (C=O) groups is 5. The van der Waals surface area contributed by atoms with Crippen LogP contribution < -0.4 is 64.6 Å². The van der Waals surface area contributed by atoms with Crippen molar-refractivity contribution in [2.75, 3.05) is 131 Å². The number of carbonyl (C=O) groups excluding carboxylic acids is 4. The fourth-order valence-electron chi connectivity index (χ4n) is 11.1. The van der Waals surface area contributed by atoms with E-state index in [-0.39, 0.29) is 133 Å². The van der Waals surface area contributed by atoms with Gasteiger partial charge in [-0.25, -0.2) is 29.3 Å². The molecule has 0 saturated heterocycles. The molecule has 38 nitrogen and oxygen atoms in total. The molecule has 0 aliphatic rings. The van der Waals surface area contributed by atoms with Crippen LogP contribution in [0.3, 0.4) is 0 Å². The van der Waals surface area contributed by atoms with Gasteiger partial charge in [-0.1, -0.05) is 76.3 Å². The van der Waals surface area contributed by atoms with E-state index in [1.165, 1.54) is 12.1 Å². The Balaban J connectivity index is 0.000000267. The summed E-state index contributed by atoms with van der Waals surface area (Å²) in [6.45, 7) is 39.5. The van der Waals surface area contributed by atoms with Crippen LogP contribution in [-0.2, 0) is 23.7 Å². The molecule has 0 unspecified atom stereocenters. The smallest absolute Gasteiger partial charge is 0.407 e. The molecule has 6 heterocycles. The number of nitrogens with one attached hydrogen (secondary N) is 10. The summed E-state index contributed by atoms with van der Waals surface area (Å²) in [5.41, 5.74) is 15.7. The molecular weight excluding hydrogens is 1650 g/mol. The number of fused-ring (bicyclic) bond motifs is 3. The average Bonchev–Trinajstić information content (AvgIpc) is 1.66. The molecule has 0 radical (unpaired) electrons. The Morgan fingerprint density at radius 2 is 0.691 bits per heavy atom. The van der Waals surface area contributed by atoms with Crippen molar-refractivity contribution in [3.8, 4) is 0 Å². The monoisotopic (exact) mass is 1770 g/mol. The number of nitrogens with two attached hydrogens (primary N) is 2. The van der Waals surface area contributed by atoms with Crippen molar-refractivity contribution in [2.24, 2.45) is 29.2 Å². The Kier molecular flexibility index (Phi) is 40.6. The van der Waals surface area contributed by atoms with Crippen molar-refractivity contribution in [3.05, 3.63) is 105 Å². The zero-order chi connectivity index (χ0) is 91.0. The molecule has 9 rings (SSSR count). The number of benzene rings is 3. The number of rotatable bonds is 40. The van der Waals surface area contributed by atoms with Crippen LogP contribution in [0.4, 0.5) is 61.9 Å². The largest absolute Gasteiger partial charge is 0.478 e. The standard InChI is InChI=1S/C29H43ClN8O5.C24H35ClN8O3.C20H25ClN6O3.C9H20N2O3/c1-17(2)22(15-39)35-27-36-24(23-25(37-27)38(16-33-23)18(3)4)34-19-8-9-20(21(30)14-19)26(40)31-10-12-42-13-11-32-28(41)43-29(5,6)7;1-14(2)19(12-34)30-24-31-21(20-22(32-24)33(13-28-20)15(3)4)29-16-5-6-17(18(25)11-16)23(35)27-8-10-36-9-7-26;1-10(2)15(8-28)24-20-25-17(16-18(26-20)27(9-22-16)11(3)4)23-12-5-6-13(19(29)30)14(21)7-12;1-9(2,3)14-8(12)11-5-7-13-6-4-10/h8-9,14,16-18,22,39H,10-13,15H2,1-7H3,(H,31,40)(H,32,41)(H2,34,35,36,37);5-6,11,13-15,19,34H,7-10,12,26H2,1-4H3,(H,27,35)(H2,29,30,31,32);5-7,9-11,15,28H,8H2,1-4H3,(H,29,30)(H2,23,24,25,26);4-7,10H2,1-3H3,(H,11,12)/t22-;19-;15-;/m000./s1. The lowest BCUT2D eigenvalue weighted by molar-refractivity contribution is 0.0490. The number of nitrogens with zero attached hydrogens (tertiary/aromatic N) is 12. The first-order valence-corrected chi connectivity index (χ1v) is 41.8. The number of amides is 4. The lowest BCUT2D eigenvalue weighted by Crippen LogP contribution is -2.34. The van der Waals surface area contributed by atoms with E-state index in [1.807, 2.05) is 118 Å². The highest BCUT2D eigenvalue weighted by molar-refractivity contribution is 6.35. The fourth-order valence-corrected chi connectivity index (χ4v) is 11.8. The zero-order valence-corrected chi connectivity index (χ0v) is 75.5. The minimum atomic E-state index is -1.10. The topological polar surface area (TPSA) is 516 Å². The molecule has 3 atom stereocenters. The van der Waals surface area contributed by atoms with Crippen LogP contribution in [0.5, 0.6) is 0 Å². The number of imidazole rings is 3. The maximum atomic E-state index is 12.7. The van der Waals surface area contributed by atoms with Gasteiger partial charge in [0.15, 0.2) is 50.9 Å². The molecule has 4 amide bonds. The Morgan fingerprint density at radius 3 is 0.935 bits per heavy atom. The molecule has 18 N–H and O–H groups in total. The summed E-state index contributed by atoms with van der Waals surface area (Å²) >= 11 is 19.0. The second-order valence-electron chi connectivity index (χ2n) is 32.0. The number of aromatic carboxylic acids is 1. The Labute approximate surface area is 732 Å². The predicted molar refractivity (Wildman–Crippen MR) is 480 cm³/mol. The van der Waals surface area contributed by atoms with Gasteiger partial charge >= 0.3 is 18.2 Å². The van der Waals surface area contributed by atoms with E-state index in [4.69, 9.17) is 75.1 Å². The maximum Gasteiger partial charge on any atom is 0.407 e. The summed E-state index contributed by atoms with van der Waals surface area (Å²) in [6.07, 6.45) is 4.21. The Bertz CT molecular complexity index is 4880. The molecule has 0 spiro atoms. The highest BCUT2D eigenvalue weighted by Gasteiger charge is 2.26. The summed E-state index contributed by atoms with van der Waals surface area (Å²) in [6, 6.07) is 14.3. The van der Waals surface area contributed by atoms with Crippen molar-refractivity contribution in [1.82, 2.24) is 79.8 Å². The number of carboxylic acids is 1. The molecule has 6 aromatic heterocycles. The van der Waals surface area contributed by atoms with Crippen LogP contribution in [-0.4, -0.2) is 237 Å². The normalized spacial score (nSPS) is 12.3. The summed E-state index contributed by atoms with van der Waals surface area (Å²) < 4.78 is 31.8. The summed E-state index contributed by atoms with van der Waals surface area (Å²) in [5.74, 6) is 1.23. The van der Waals surface area contributed by atoms with Crippen molar-refractivity contribution in [3.63, 3.8) is 0 Å². The number of aliphatic hydroxyl groups excluding tert-OH is 3. The number of halogens is 3. The molecule has 3 aromatic carbocycles. The molecule has 0 fully saturated rings. The third kappa shape index (κ3) is 32.3. The third-order valence-corrected chi connectivity index (χ3v) is 18.7. The van der Waals surface area contributed by atoms with Gasteiger partial charge in [0.1, 0.15) is 11.2 Å². The number of hydrogen-bond donors (Lipinski definition) is 16. The molecule has 123 heavy (non-hydrogen) atoms. The van der Waals surface area contributed by atoms with Crippen molar-refractivity contribution in [1.29, 1.82) is 0 Å². The number of aromatic nitrogens is 12. The zero-order valence-electron chi connectivity index (χ0n) is 73.3. The quantitative estimate of drug-likeness (QED) is 0.0159. The van der Waals surface area contributed by atoms with E-state index in [2.05, 4.69) is 98.0 Å². The number of aliphatic hydroxyl groups is 3. The van der Waals surface area contributed by atoms with Crippen LogP contribution >= 0.6 is 34.8 Å². The van der Waals surface area contributed by atoms with E-state index in [0.717, 1.165) is 0 Å². The van der Waals surface area contributed by atoms with E-state index in [1.54, 1.807) is 82.2 Å². The van der Waals surface area contributed by atoms with Gasteiger partial charge < -0.3 is 122 Å². The van der Waals surface area contributed by atoms with Gasteiger partial charge in [-0.3, -0.25) is 9.59 Å². The lowest BCUT2D eigenvalue weighted by atomic mass is 10.1. The second kappa shape index (κ2) is 49.2. The van der Waals surface area contributed by atoms with Gasteiger partial charge in [0.2, 0.25) is 17.8 Å². The SMILES string of the molecule is CC(C)(C)OC(=O)NCCOCCN.CC(C)[C@H](CO)Nc1nc(Nc2ccc(C(=O)NCCOCCN)c(Cl)c2)c2ncn(C(C)C)c2n1.CC(C)[C@H](CO)Nc1nc(Nc2ccc(C(=O)NCCOCCNC(=O)OC(C)(C)C)c(Cl)c2)c2ncn(C(C)C)c2n1.CC(C)[C@H](CO)Nc1nc(Nc2ccc(C(=O)O)c(Cl)c2)c2ncn(C(C)C)c2n1. The highest BCUT2D eigenvalue weighted by Crippen LogP contribution is 2.34. The van der Waals surface area contributed by atoms with Gasteiger partial charge in [-0.2, -0.15) is 29.9 Å². The lowest BCUT2D eigenvalue weighted by Gasteiger charge is -2.20. The summed E-state index contributed by atoms with van der Waals surface area (Å²) in [5, 5.41) is 69.1. The van der Waals surface area contributed by atoms with Crippen molar-refractivity contribution < 1.29 is 68.1 Å². The van der Waals surface area contributed by atoms with Crippen molar-refractivity contribution in [2.45, 2.75) is 172 Å². The first-order chi connectivity index (χ1) is 58.2. The number of hydrogen-bond acceptors (Lipinski definition) is 30. The van der Waals surface area contributed by atoms with Crippen LogP contribution in [0, 0.1) is 17.8 Å². The Morgan fingerprint density at radius 1 is 0.415 bits per heavy atom. The number of carboxylic acid groups (broad SMARTS) is 1. The molecule has 0 saturated carbocycles. The minimum Gasteiger partial charge on any atom is -0.478 e. The molecule has 0 aliphatic heterocycles. The van der Waals surface area contributed by atoms with E-state index < -0.39 is 29.4 Å². The van der Waals surface area contributed by atoms with E-state index in [0.29, 0.717) is 150 Å². The number of ether oxygens (including phenoxy) is 5. The maximum absolute atomic E-state index is 12.7. The van der Waals surface area contributed by atoms with Gasteiger partial charge in [0, 0.05) is 74.5 Å². The van der Waals surface area contributed by atoms with Gasteiger partial charge in [0.25, 0.3) is 11.8 Å². The van der Waals surface area contributed by atoms with Crippen LogP contribution in [0.2, 0.25) is 15.1 Å². The van der Waals surface area contributed by atoms with Gasteiger partial charge in [-0.05, 0) is 155 Å².